The Bertz CT molecular complexity index is 649. The van der Waals surface area contributed by atoms with Gasteiger partial charge in [-0.15, -0.1) is 0 Å². The molecule has 0 aliphatic rings. The Morgan fingerprint density at radius 1 is 1.25 bits per heavy atom. The molecule has 2 N–H and O–H groups in total. The number of rotatable bonds is 5. The van der Waals surface area contributed by atoms with Gasteiger partial charge in [-0.2, -0.15) is 0 Å². The Hall–Kier alpha value is -1.89. The van der Waals surface area contributed by atoms with Crippen molar-refractivity contribution in [2.24, 2.45) is 0 Å². The fraction of sp³-hybridized carbons (Fsp3) is 0.385. The molecule has 7 heteroatoms. The standard InChI is InChI=1S/C13H17NO5S/c1-4-14-12(15)7-20(18,19)11-6-10(13(16)17)5-8(2)9(11)3/h5-6H,4,7H2,1-3H3,(H,14,15)(H,16,17). The van der Waals surface area contributed by atoms with E-state index in [0.717, 1.165) is 6.07 Å². The topological polar surface area (TPSA) is 101 Å². The molecule has 1 amide bonds. The molecule has 0 heterocycles. The minimum absolute atomic E-state index is 0.109. The zero-order valence-electron chi connectivity index (χ0n) is 11.6. The molecule has 1 rings (SSSR count). The van der Waals surface area contributed by atoms with Gasteiger partial charge >= 0.3 is 5.97 Å². The molecule has 0 atom stereocenters. The van der Waals surface area contributed by atoms with Crippen LogP contribution < -0.4 is 5.32 Å². The largest absolute Gasteiger partial charge is 0.478 e. The summed E-state index contributed by atoms with van der Waals surface area (Å²) in [6.07, 6.45) is 0. The van der Waals surface area contributed by atoms with Gasteiger partial charge in [0, 0.05) is 6.54 Å². The van der Waals surface area contributed by atoms with Crippen LogP contribution in [0, 0.1) is 13.8 Å². The molecule has 1 aromatic rings. The van der Waals surface area contributed by atoms with Crippen LogP contribution >= 0.6 is 0 Å². The third-order valence-electron chi connectivity index (χ3n) is 2.90. The molecule has 110 valence electrons. The number of carboxylic acid groups (broad SMARTS) is 1. The molecule has 0 aliphatic heterocycles. The second kappa shape index (κ2) is 6.04. The maximum atomic E-state index is 12.2. The van der Waals surface area contributed by atoms with Gasteiger partial charge in [-0.25, -0.2) is 13.2 Å². The number of amides is 1. The van der Waals surface area contributed by atoms with Gasteiger partial charge < -0.3 is 10.4 Å². The van der Waals surface area contributed by atoms with E-state index in [1.54, 1.807) is 20.8 Å². The lowest BCUT2D eigenvalue weighted by Crippen LogP contribution is -2.30. The maximum Gasteiger partial charge on any atom is 0.335 e. The third kappa shape index (κ3) is 3.57. The highest BCUT2D eigenvalue weighted by molar-refractivity contribution is 7.92. The van der Waals surface area contributed by atoms with Crippen molar-refractivity contribution in [2.75, 3.05) is 12.3 Å². The minimum atomic E-state index is -3.87. The Morgan fingerprint density at radius 2 is 1.85 bits per heavy atom. The number of carboxylic acids is 1. The fourth-order valence-corrected chi connectivity index (χ4v) is 3.31. The normalized spacial score (nSPS) is 11.2. The first-order valence-corrected chi connectivity index (χ1v) is 7.68. The van der Waals surface area contributed by atoms with Crippen molar-refractivity contribution in [3.63, 3.8) is 0 Å². The molecule has 0 radical (unpaired) electrons. The molecule has 0 aliphatic carbocycles. The van der Waals surface area contributed by atoms with Crippen LogP contribution in [0.4, 0.5) is 0 Å². The van der Waals surface area contributed by atoms with Crippen LogP contribution in [0.15, 0.2) is 17.0 Å². The quantitative estimate of drug-likeness (QED) is 0.841. The molecule has 0 saturated carbocycles. The average Bonchev–Trinajstić information content (AvgIpc) is 2.31. The molecular weight excluding hydrogens is 282 g/mol. The van der Waals surface area contributed by atoms with E-state index in [2.05, 4.69) is 5.32 Å². The summed E-state index contributed by atoms with van der Waals surface area (Å²) in [5.74, 6) is -2.50. The third-order valence-corrected chi connectivity index (χ3v) is 4.63. The summed E-state index contributed by atoms with van der Waals surface area (Å²) in [4.78, 5) is 22.3. The number of carbonyl (C=O) groups excluding carboxylic acids is 1. The summed E-state index contributed by atoms with van der Waals surface area (Å²) < 4.78 is 24.4. The van der Waals surface area contributed by atoms with Gasteiger partial charge in [0.25, 0.3) is 0 Å². The Labute approximate surface area is 117 Å². The second-order valence-electron chi connectivity index (χ2n) is 4.43. The van der Waals surface area contributed by atoms with E-state index in [1.165, 1.54) is 6.07 Å². The zero-order valence-corrected chi connectivity index (χ0v) is 12.4. The summed E-state index contributed by atoms with van der Waals surface area (Å²) in [5.41, 5.74) is 0.904. The highest BCUT2D eigenvalue weighted by Crippen LogP contribution is 2.22. The number of carbonyl (C=O) groups is 2. The van der Waals surface area contributed by atoms with E-state index in [9.17, 15) is 18.0 Å². The van der Waals surface area contributed by atoms with E-state index in [1.807, 2.05) is 0 Å². The molecule has 0 saturated heterocycles. The summed E-state index contributed by atoms with van der Waals surface area (Å²) in [6.45, 7) is 5.24. The SMILES string of the molecule is CCNC(=O)CS(=O)(=O)c1cc(C(=O)O)cc(C)c1C. The van der Waals surface area contributed by atoms with E-state index in [-0.39, 0.29) is 10.5 Å². The van der Waals surface area contributed by atoms with Crippen molar-refractivity contribution in [3.8, 4) is 0 Å². The average molecular weight is 299 g/mol. The maximum absolute atomic E-state index is 12.2. The van der Waals surface area contributed by atoms with E-state index < -0.39 is 27.5 Å². The first-order valence-electron chi connectivity index (χ1n) is 6.03. The van der Waals surface area contributed by atoms with Crippen molar-refractivity contribution in [2.45, 2.75) is 25.7 Å². The van der Waals surface area contributed by atoms with Crippen molar-refractivity contribution < 1.29 is 23.1 Å². The van der Waals surface area contributed by atoms with Gasteiger partial charge in [-0.1, -0.05) is 0 Å². The second-order valence-corrected chi connectivity index (χ2v) is 6.39. The first kappa shape index (κ1) is 16.2. The van der Waals surface area contributed by atoms with Crippen LogP contribution in [-0.4, -0.2) is 37.7 Å². The van der Waals surface area contributed by atoms with Crippen molar-refractivity contribution >= 4 is 21.7 Å². The molecule has 6 nitrogen and oxygen atoms in total. The highest BCUT2D eigenvalue weighted by Gasteiger charge is 2.23. The van der Waals surface area contributed by atoms with Gasteiger partial charge in [0.05, 0.1) is 10.5 Å². The number of aryl methyl sites for hydroxylation is 1. The predicted octanol–water partition coefficient (Wildman–Crippen LogP) is 0.911. The summed E-state index contributed by atoms with van der Waals surface area (Å²) in [5, 5.41) is 11.4. The molecule has 0 spiro atoms. The van der Waals surface area contributed by atoms with Crippen LogP contribution in [-0.2, 0) is 14.6 Å². The van der Waals surface area contributed by atoms with Gasteiger partial charge in [0.1, 0.15) is 5.75 Å². The summed E-state index contributed by atoms with van der Waals surface area (Å²) in [7, 11) is -3.87. The van der Waals surface area contributed by atoms with E-state index in [0.29, 0.717) is 17.7 Å². The Kier molecular flexibility index (Phi) is 4.88. The fourth-order valence-electron chi connectivity index (χ4n) is 1.77. The lowest BCUT2D eigenvalue weighted by atomic mass is 10.1. The highest BCUT2D eigenvalue weighted by atomic mass is 32.2. The van der Waals surface area contributed by atoms with E-state index in [4.69, 9.17) is 5.11 Å². The molecule has 0 aromatic heterocycles. The van der Waals surface area contributed by atoms with Crippen LogP contribution in [0.5, 0.6) is 0 Å². The smallest absolute Gasteiger partial charge is 0.335 e. The van der Waals surface area contributed by atoms with Crippen molar-refractivity contribution in [3.05, 3.63) is 28.8 Å². The lowest BCUT2D eigenvalue weighted by Gasteiger charge is -2.11. The van der Waals surface area contributed by atoms with Gasteiger partial charge in [-0.05, 0) is 44.0 Å². The van der Waals surface area contributed by atoms with Crippen molar-refractivity contribution in [1.29, 1.82) is 0 Å². The van der Waals surface area contributed by atoms with Crippen LogP contribution in [0.25, 0.3) is 0 Å². The molecule has 1 aromatic carbocycles. The molecule has 0 fully saturated rings. The minimum Gasteiger partial charge on any atom is -0.478 e. The van der Waals surface area contributed by atoms with Gasteiger partial charge in [0.15, 0.2) is 9.84 Å². The van der Waals surface area contributed by atoms with Crippen LogP contribution in [0.3, 0.4) is 0 Å². The number of hydrogen-bond acceptors (Lipinski definition) is 4. The van der Waals surface area contributed by atoms with Crippen LogP contribution in [0.1, 0.15) is 28.4 Å². The van der Waals surface area contributed by atoms with Crippen LogP contribution in [0.2, 0.25) is 0 Å². The number of benzene rings is 1. The summed E-state index contributed by atoms with van der Waals surface area (Å²) >= 11 is 0. The van der Waals surface area contributed by atoms with E-state index >= 15 is 0 Å². The molecule has 20 heavy (non-hydrogen) atoms. The van der Waals surface area contributed by atoms with Gasteiger partial charge in [0.2, 0.25) is 5.91 Å². The number of hydrogen-bond donors (Lipinski definition) is 2. The predicted molar refractivity (Wildman–Crippen MR) is 73.6 cm³/mol. The monoisotopic (exact) mass is 299 g/mol. The Morgan fingerprint density at radius 3 is 2.35 bits per heavy atom. The van der Waals surface area contributed by atoms with Gasteiger partial charge in [-0.3, -0.25) is 4.79 Å². The molecule has 0 bridgehead atoms. The number of aromatic carboxylic acids is 1. The van der Waals surface area contributed by atoms with Crippen molar-refractivity contribution in [1.82, 2.24) is 5.32 Å². The first-order chi connectivity index (χ1) is 9.19. The Balaban J connectivity index is 3.30. The number of nitrogens with one attached hydrogen (secondary N) is 1. The molecule has 0 unspecified atom stereocenters. The summed E-state index contributed by atoms with van der Waals surface area (Å²) in [6, 6.07) is 2.50. The number of sulfone groups is 1. The molecular formula is C13H17NO5S. The zero-order chi connectivity index (χ0) is 15.5. The lowest BCUT2D eigenvalue weighted by molar-refractivity contribution is -0.118.